The van der Waals surface area contributed by atoms with E-state index in [4.69, 9.17) is 4.84 Å². The van der Waals surface area contributed by atoms with E-state index in [0.717, 1.165) is 0 Å². The van der Waals surface area contributed by atoms with E-state index in [1.807, 2.05) is 6.92 Å². The molecule has 0 radical (unpaired) electrons. The fourth-order valence-electron chi connectivity index (χ4n) is 0.379. The Kier molecular flexibility index (Phi) is 4.07. The van der Waals surface area contributed by atoms with E-state index in [1.165, 1.54) is 0 Å². The Bertz CT molecular complexity index is 134. The van der Waals surface area contributed by atoms with Crippen LogP contribution in [0.25, 0.3) is 0 Å². The Morgan fingerprint density at radius 2 is 2.09 bits per heavy atom. The van der Waals surface area contributed by atoms with E-state index >= 15 is 0 Å². The molecule has 11 heavy (non-hydrogen) atoms. The van der Waals surface area contributed by atoms with Gasteiger partial charge in [-0.05, 0) is 27.8 Å². The second-order valence-corrected chi connectivity index (χ2v) is 2.74. The van der Waals surface area contributed by atoms with Gasteiger partial charge < -0.3 is 5.32 Å². The number of hydrogen-bond donors (Lipinski definition) is 2. The van der Waals surface area contributed by atoms with Gasteiger partial charge in [0.15, 0.2) is 0 Å². The number of amides is 1. The first-order chi connectivity index (χ1) is 5.04. The summed E-state index contributed by atoms with van der Waals surface area (Å²) in [4.78, 5) is 15.9. The van der Waals surface area contributed by atoms with E-state index < -0.39 is 5.54 Å². The monoisotopic (exact) mass is 160 g/mol. The van der Waals surface area contributed by atoms with Gasteiger partial charge in [0.1, 0.15) is 0 Å². The summed E-state index contributed by atoms with van der Waals surface area (Å²) in [5, 5.41) is 2.86. The molecule has 0 spiro atoms. The summed E-state index contributed by atoms with van der Waals surface area (Å²) in [6, 6.07) is 0. The highest BCUT2D eigenvalue weighted by Crippen LogP contribution is 1.99. The lowest BCUT2D eigenvalue weighted by atomic mass is 10.1. The lowest BCUT2D eigenvalue weighted by Crippen LogP contribution is -2.50. The van der Waals surface area contributed by atoms with Crippen LogP contribution in [0.15, 0.2) is 0 Å². The molecule has 0 heterocycles. The smallest absolute Gasteiger partial charge is 0.263 e. The van der Waals surface area contributed by atoms with Gasteiger partial charge in [0, 0.05) is 0 Å². The zero-order valence-corrected chi connectivity index (χ0v) is 7.52. The molecule has 0 aromatic heterocycles. The summed E-state index contributed by atoms with van der Waals surface area (Å²) in [5.74, 6) is -0.165. The SMILES string of the molecule is CCONC(=O)C(C)(C)NC. The average molecular weight is 160 g/mol. The van der Waals surface area contributed by atoms with Gasteiger partial charge in [0.05, 0.1) is 12.1 Å². The molecule has 0 rings (SSSR count). The lowest BCUT2D eigenvalue weighted by molar-refractivity contribution is -0.138. The van der Waals surface area contributed by atoms with Crippen molar-refractivity contribution >= 4 is 5.91 Å². The Morgan fingerprint density at radius 1 is 1.55 bits per heavy atom. The fourth-order valence-corrected chi connectivity index (χ4v) is 0.379. The maximum Gasteiger partial charge on any atom is 0.263 e. The molecule has 2 N–H and O–H groups in total. The minimum atomic E-state index is -0.574. The van der Waals surface area contributed by atoms with Crippen molar-refractivity contribution in [3.63, 3.8) is 0 Å². The predicted octanol–water partition coefficient (Wildman–Crippen LogP) is 0.0521. The number of hydroxylamine groups is 1. The number of rotatable bonds is 4. The summed E-state index contributed by atoms with van der Waals surface area (Å²) < 4.78 is 0. The molecule has 0 saturated heterocycles. The van der Waals surface area contributed by atoms with Crippen LogP contribution >= 0.6 is 0 Å². The van der Waals surface area contributed by atoms with E-state index in [0.29, 0.717) is 6.61 Å². The first-order valence-electron chi connectivity index (χ1n) is 3.65. The first kappa shape index (κ1) is 10.4. The molecule has 4 heteroatoms. The number of likely N-dealkylation sites (N-methyl/N-ethyl adjacent to an activating group) is 1. The molecule has 0 aliphatic carbocycles. The molecule has 0 atom stereocenters. The molecule has 0 aromatic carbocycles. The molecule has 0 saturated carbocycles. The summed E-state index contributed by atoms with van der Waals surface area (Å²) in [6.45, 7) is 5.85. The van der Waals surface area contributed by atoms with Crippen LogP contribution in [0.2, 0.25) is 0 Å². The zero-order valence-electron chi connectivity index (χ0n) is 7.52. The molecule has 0 fully saturated rings. The largest absolute Gasteiger partial charge is 0.307 e. The molecule has 0 aliphatic rings. The quantitative estimate of drug-likeness (QED) is 0.571. The summed E-state index contributed by atoms with van der Waals surface area (Å²) in [7, 11) is 1.73. The summed E-state index contributed by atoms with van der Waals surface area (Å²) >= 11 is 0. The van der Waals surface area contributed by atoms with Gasteiger partial charge in [-0.25, -0.2) is 5.48 Å². The fraction of sp³-hybridized carbons (Fsp3) is 0.857. The summed E-state index contributed by atoms with van der Waals surface area (Å²) in [6.07, 6.45) is 0. The van der Waals surface area contributed by atoms with Crippen molar-refractivity contribution in [2.75, 3.05) is 13.7 Å². The van der Waals surface area contributed by atoms with Crippen molar-refractivity contribution in [1.29, 1.82) is 0 Å². The van der Waals surface area contributed by atoms with Crippen molar-refractivity contribution in [2.45, 2.75) is 26.3 Å². The van der Waals surface area contributed by atoms with Crippen LogP contribution in [0.1, 0.15) is 20.8 Å². The van der Waals surface area contributed by atoms with E-state index in [-0.39, 0.29) is 5.91 Å². The average Bonchev–Trinajstić information content (AvgIpc) is 2.00. The minimum absolute atomic E-state index is 0.165. The van der Waals surface area contributed by atoms with Crippen molar-refractivity contribution < 1.29 is 9.63 Å². The van der Waals surface area contributed by atoms with Crippen LogP contribution in [-0.4, -0.2) is 25.1 Å². The third-order valence-corrected chi connectivity index (χ3v) is 1.50. The third kappa shape index (κ3) is 3.34. The zero-order chi connectivity index (χ0) is 8.91. The van der Waals surface area contributed by atoms with Crippen LogP contribution in [0.5, 0.6) is 0 Å². The lowest BCUT2D eigenvalue weighted by Gasteiger charge is -2.21. The number of carbonyl (C=O) groups excluding carboxylic acids is 1. The maximum absolute atomic E-state index is 11.2. The Hall–Kier alpha value is -0.610. The minimum Gasteiger partial charge on any atom is -0.307 e. The van der Waals surface area contributed by atoms with Gasteiger partial charge in [-0.1, -0.05) is 0 Å². The molecule has 66 valence electrons. The van der Waals surface area contributed by atoms with E-state index in [2.05, 4.69) is 10.8 Å². The molecular weight excluding hydrogens is 144 g/mol. The molecule has 4 nitrogen and oxygen atoms in total. The molecule has 0 aliphatic heterocycles. The Balaban J connectivity index is 3.82. The van der Waals surface area contributed by atoms with Crippen molar-refractivity contribution in [3.05, 3.63) is 0 Å². The number of nitrogens with one attached hydrogen (secondary N) is 2. The van der Waals surface area contributed by atoms with Gasteiger partial charge in [0.2, 0.25) is 0 Å². The van der Waals surface area contributed by atoms with Crippen molar-refractivity contribution in [1.82, 2.24) is 10.8 Å². The van der Waals surface area contributed by atoms with Gasteiger partial charge in [-0.3, -0.25) is 9.63 Å². The topological polar surface area (TPSA) is 50.4 Å². The highest BCUT2D eigenvalue weighted by atomic mass is 16.6. The molecule has 1 amide bonds. The van der Waals surface area contributed by atoms with Crippen LogP contribution in [-0.2, 0) is 9.63 Å². The van der Waals surface area contributed by atoms with Gasteiger partial charge in [0.25, 0.3) is 5.91 Å². The number of hydrogen-bond acceptors (Lipinski definition) is 3. The number of carbonyl (C=O) groups is 1. The standard InChI is InChI=1S/C7H16N2O2/c1-5-11-9-6(10)7(2,3)8-4/h8H,5H2,1-4H3,(H,9,10). The van der Waals surface area contributed by atoms with Gasteiger partial charge >= 0.3 is 0 Å². The predicted molar refractivity (Wildman–Crippen MR) is 42.9 cm³/mol. The van der Waals surface area contributed by atoms with Gasteiger partial charge in [-0.15, -0.1) is 0 Å². The van der Waals surface area contributed by atoms with Gasteiger partial charge in [-0.2, -0.15) is 0 Å². The van der Waals surface area contributed by atoms with Crippen LogP contribution in [0.3, 0.4) is 0 Å². The highest BCUT2D eigenvalue weighted by molar-refractivity contribution is 5.84. The van der Waals surface area contributed by atoms with E-state index in [1.54, 1.807) is 20.9 Å². The van der Waals surface area contributed by atoms with E-state index in [9.17, 15) is 4.79 Å². The molecular formula is C7H16N2O2. The highest BCUT2D eigenvalue weighted by Gasteiger charge is 2.24. The van der Waals surface area contributed by atoms with Crippen molar-refractivity contribution in [3.8, 4) is 0 Å². The third-order valence-electron chi connectivity index (χ3n) is 1.50. The molecule has 0 bridgehead atoms. The second kappa shape index (κ2) is 4.31. The van der Waals surface area contributed by atoms with Crippen LogP contribution < -0.4 is 10.8 Å². The maximum atomic E-state index is 11.2. The Labute approximate surface area is 67.3 Å². The van der Waals surface area contributed by atoms with Crippen LogP contribution in [0, 0.1) is 0 Å². The molecule has 0 aromatic rings. The first-order valence-corrected chi connectivity index (χ1v) is 3.65. The molecule has 0 unspecified atom stereocenters. The Morgan fingerprint density at radius 3 is 2.45 bits per heavy atom. The second-order valence-electron chi connectivity index (χ2n) is 2.74. The van der Waals surface area contributed by atoms with Crippen LogP contribution in [0.4, 0.5) is 0 Å². The van der Waals surface area contributed by atoms with Crippen molar-refractivity contribution in [2.24, 2.45) is 0 Å². The normalized spacial score (nSPS) is 11.3. The summed E-state index contributed by atoms with van der Waals surface area (Å²) in [5.41, 5.74) is 1.75.